The van der Waals surface area contributed by atoms with Gasteiger partial charge in [0.05, 0.1) is 32.4 Å². The fraction of sp³-hybridized carbons (Fsp3) is 0.259. The second-order valence-corrected chi connectivity index (χ2v) is 9.62. The number of carbonyl (C=O) groups is 1. The Hall–Kier alpha value is -3.06. The molecule has 2 atom stereocenters. The number of benzene rings is 3. The van der Waals surface area contributed by atoms with Gasteiger partial charge in [0.25, 0.3) is 0 Å². The molecule has 0 spiro atoms. The van der Waals surface area contributed by atoms with Crippen molar-refractivity contribution in [2.45, 2.75) is 25.0 Å². The smallest absolute Gasteiger partial charge is 0.229 e. The van der Waals surface area contributed by atoms with E-state index >= 15 is 0 Å². The summed E-state index contributed by atoms with van der Waals surface area (Å²) in [6, 6.07) is 16.7. The van der Waals surface area contributed by atoms with Crippen molar-refractivity contribution in [3.8, 4) is 5.75 Å². The summed E-state index contributed by atoms with van der Waals surface area (Å²) in [6.45, 7) is 2.06. The van der Waals surface area contributed by atoms with Crippen LogP contribution in [0.5, 0.6) is 5.75 Å². The molecule has 182 valence electrons. The van der Waals surface area contributed by atoms with E-state index in [1.807, 2.05) is 43.3 Å². The summed E-state index contributed by atoms with van der Waals surface area (Å²) in [6.07, 6.45) is 5.00. The van der Waals surface area contributed by atoms with Gasteiger partial charge < -0.3 is 19.3 Å². The molecule has 1 heterocycles. The van der Waals surface area contributed by atoms with Gasteiger partial charge in [0.1, 0.15) is 11.4 Å². The van der Waals surface area contributed by atoms with E-state index in [9.17, 15) is 9.90 Å². The summed E-state index contributed by atoms with van der Waals surface area (Å²) in [5, 5.41) is 14.7. The molecule has 3 aromatic carbocycles. The van der Waals surface area contributed by atoms with Crippen LogP contribution in [0, 0.1) is 0 Å². The van der Waals surface area contributed by atoms with Crippen molar-refractivity contribution in [1.82, 2.24) is 14.5 Å². The Morgan fingerprint density at radius 3 is 2.57 bits per heavy atom. The predicted octanol–water partition coefficient (Wildman–Crippen LogP) is 5.50. The third kappa shape index (κ3) is 5.45. The molecule has 0 aliphatic carbocycles. The van der Waals surface area contributed by atoms with E-state index in [1.165, 1.54) is 0 Å². The molecule has 4 rings (SSSR count). The average molecular weight is 512 g/mol. The van der Waals surface area contributed by atoms with Crippen LogP contribution in [0.1, 0.15) is 24.0 Å². The summed E-state index contributed by atoms with van der Waals surface area (Å²) >= 11 is 12.6. The SMILES string of the molecule is COc1ccc2cc([C@H](C)C(=O)N(C)CC(O)(Cn3ccnc3)c3ccc(Cl)cc3Cl)ccc2c1. The Bertz CT molecular complexity index is 1340. The zero-order valence-corrected chi connectivity index (χ0v) is 21.3. The van der Waals surface area contributed by atoms with E-state index < -0.39 is 11.5 Å². The van der Waals surface area contributed by atoms with Gasteiger partial charge in [-0.3, -0.25) is 4.79 Å². The zero-order chi connectivity index (χ0) is 25.2. The van der Waals surface area contributed by atoms with E-state index in [1.54, 1.807) is 60.5 Å². The van der Waals surface area contributed by atoms with Gasteiger partial charge in [0, 0.05) is 35.1 Å². The third-order valence-corrected chi connectivity index (χ3v) is 6.80. The van der Waals surface area contributed by atoms with Crippen LogP contribution in [0.4, 0.5) is 0 Å². The van der Waals surface area contributed by atoms with Crippen molar-refractivity contribution in [2.24, 2.45) is 0 Å². The van der Waals surface area contributed by atoms with E-state index in [4.69, 9.17) is 27.9 Å². The maximum atomic E-state index is 13.5. The Labute approximate surface area is 214 Å². The van der Waals surface area contributed by atoms with Gasteiger partial charge >= 0.3 is 0 Å². The third-order valence-electron chi connectivity index (χ3n) is 6.25. The van der Waals surface area contributed by atoms with Crippen LogP contribution in [-0.2, 0) is 16.9 Å². The number of hydrogen-bond acceptors (Lipinski definition) is 4. The van der Waals surface area contributed by atoms with Gasteiger partial charge in [0.15, 0.2) is 0 Å². The molecule has 0 saturated heterocycles. The molecule has 0 radical (unpaired) electrons. The molecule has 1 aromatic heterocycles. The quantitative estimate of drug-likeness (QED) is 0.339. The lowest BCUT2D eigenvalue weighted by Crippen LogP contribution is -2.45. The number of aromatic nitrogens is 2. The van der Waals surface area contributed by atoms with E-state index in [0.717, 1.165) is 22.1 Å². The number of amides is 1. The number of aliphatic hydroxyl groups is 1. The topological polar surface area (TPSA) is 67.6 Å². The highest BCUT2D eigenvalue weighted by Crippen LogP contribution is 2.34. The molecular formula is C27H27Cl2N3O3. The fourth-order valence-corrected chi connectivity index (χ4v) is 4.94. The van der Waals surface area contributed by atoms with Gasteiger partial charge in [0.2, 0.25) is 5.91 Å². The number of fused-ring (bicyclic) bond motifs is 1. The van der Waals surface area contributed by atoms with Gasteiger partial charge in [-0.05, 0) is 47.5 Å². The molecule has 1 amide bonds. The summed E-state index contributed by atoms with van der Waals surface area (Å²) in [4.78, 5) is 19.1. The molecule has 8 heteroatoms. The van der Waals surface area contributed by atoms with Gasteiger partial charge in [-0.25, -0.2) is 4.98 Å². The molecule has 0 aliphatic rings. The van der Waals surface area contributed by atoms with Gasteiger partial charge in [-0.1, -0.05) is 53.5 Å². The number of nitrogens with zero attached hydrogens (tertiary/aromatic N) is 3. The van der Waals surface area contributed by atoms with E-state index in [-0.39, 0.29) is 19.0 Å². The molecular weight excluding hydrogens is 485 g/mol. The number of likely N-dealkylation sites (N-methyl/N-ethyl adjacent to an activating group) is 1. The number of ether oxygens (including phenoxy) is 1. The first-order valence-electron chi connectivity index (χ1n) is 11.2. The monoisotopic (exact) mass is 511 g/mol. The lowest BCUT2D eigenvalue weighted by atomic mass is 9.91. The number of carbonyl (C=O) groups excluding carboxylic acids is 1. The predicted molar refractivity (Wildman–Crippen MR) is 139 cm³/mol. The first kappa shape index (κ1) is 25.0. The van der Waals surface area contributed by atoms with Crippen LogP contribution in [0.3, 0.4) is 0 Å². The Morgan fingerprint density at radius 1 is 1.14 bits per heavy atom. The molecule has 4 aromatic rings. The van der Waals surface area contributed by atoms with Crippen LogP contribution < -0.4 is 4.74 Å². The number of hydrogen-bond donors (Lipinski definition) is 1. The average Bonchev–Trinajstić information content (AvgIpc) is 3.34. The number of rotatable bonds is 8. The molecule has 0 aliphatic heterocycles. The first-order chi connectivity index (χ1) is 16.7. The highest BCUT2D eigenvalue weighted by atomic mass is 35.5. The second kappa shape index (κ2) is 10.3. The zero-order valence-electron chi connectivity index (χ0n) is 19.8. The lowest BCUT2D eigenvalue weighted by Gasteiger charge is -2.35. The Balaban J connectivity index is 1.59. The molecule has 0 fully saturated rings. The fourth-order valence-electron chi connectivity index (χ4n) is 4.35. The molecule has 1 N–H and O–H groups in total. The Morgan fingerprint density at radius 2 is 1.89 bits per heavy atom. The van der Waals surface area contributed by atoms with Crippen molar-refractivity contribution in [3.05, 3.63) is 94.5 Å². The van der Waals surface area contributed by atoms with Gasteiger partial charge in [-0.2, -0.15) is 0 Å². The summed E-state index contributed by atoms with van der Waals surface area (Å²) in [5.41, 5.74) is -0.0849. The minimum Gasteiger partial charge on any atom is -0.497 e. The summed E-state index contributed by atoms with van der Waals surface area (Å²) < 4.78 is 7.05. The van der Waals surface area contributed by atoms with Crippen LogP contribution in [0.15, 0.2) is 73.3 Å². The van der Waals surface area contributed by atoms with Crippen LogP contribution >= 0.6 is 23.2 Å². The largest absolute Gasteiger partial charge is 0.497 e. The Kier molecular flexibility index (Phi) is 7.36. The molecule has 1 unspecified atom stereocenters. The van der Waals surface area contributed by atoms with Crippen LogP contribution in [0.2, 0.25) is 10.0 Å². The molecule has 0 bridgehead atoms. The van der Waals surface area contributed by atoms with Crippen LogP contribution in [0.25, 0.3) is 10.8 Å². The van der Waals surface area contributed by atoms with Crippen molar-refractivity contribution >= 4 is 39.9 Å². The normalized spacial score (nSPS) is 13.9. The van der Waals surface area contributed by atoms with Crippen molar-refractivity contribution in [2.75, 3.05) is 20.7 Å². The van der Waals surface area contributed by atoms with E-state index in [2.05, 4.69) is 4.98 Å². The number of halogens is 2. The number of methoxy groups -OCH3 is 1. The summed E-state index contributed by atoms with van der Waals surface area (Å²) in [5.74, 6) is 0.254. The van der Waals surface area contributed by atoms with Crippen LogP contribution in [-0.4, -0.2) is 46.2 Å². The lowest BCUT2D eigenvalue weighted by molar-refractivity contribution is -0.135. The standard InChI is InChI=1S/C27H27Cl2N3O3/c1-18(19-4-5-21-13-23(35-3)8-6-20(21)12-19)26(33)31(2)15-27(34,16-32-11-10-30-17-32)24-9-7-22(28)14-25(24)29/h4-14,17-18,34H,15-16H2,1-3H3/t18-,27?/m0/s1. The first-order valence-corrected chi connectivity index (χ1v) is 11.9. The molecule has 6 nitrogen and oxygen atoms in total. The van der Waals surface area contributed by atoms with Crippen molar-refractivity contribution < 1.29 is 14.6 Å². The number of imidazole rings is 1. The van der Waals surface area contributed by atoms with Crippen molar-refractivity contribution in [1.29, 1.82) is 0 Å². The second-order valence-electron chi connectivity index (χ2n) is 8.78. The van der Waals surface area contributed by atoms with Crippen molar-refractivity contribution in [3.63, 3.8) is 0 Å². The summed E-state index contributed by atoms with van der Waals surface area (Å²) in [7, 11) is 3.32. The molecule has 35 heavy (non-hydrogen) atoms. The highest BCUT2D eigenvalue weighted by Gasteiger charge is 2.36. The van der Waals surface area contributed by atoms with Gasteiger partial charge in [-0.15, -0.1) is 0 Å². The minimum absolute atomic E-state index is 0.0283. The molecule has 0 saturated carbocycles. The van der Waals surface area contributed by atoms with E-state index in [0.29, 0.717) is 15.6 Å². The maximum absolute atomic E-state index is 13.5. The highest BCUT2D eigenvalue weighted by molar-refractivity contribution is 6.35. The maximum Gasteiger partial charge on any atom is 0.229 e. The minimum atomic E-state index is -1.47.